The van der Waals surface area contributed by atoms with Crippen LogP contribution < -0.4 is 11.1 Å². The van der Waals surface area contributed by atoms with Crippen LogP contribution in [0.1, 0.15) is 34.3 Å². The lowest BCUT2D eigenvalue weighted by molar-refractivity contribution is 0.103. The van der Waals surface area contributed by atoms with Gasteiger partial charge in [-0.1, -0.05) is 13.0 Å². The quantitative estimate of drug-likeness (QED) is 0.517. The van der Waals surface area contributed by atoms with Gasteiger partial charge in [-0.2, -0.15) is 0 Å². The first kappa shape index (κ1) is 17.1. The Labute approximate surface area is 166 Å². The van der Waals surface area contributed by atoms with E-state index in [9.17, 15) is 4.79 Å². The van der Waals surface area contributed by atoms with Crippen molar-refractivity contribution >= 4 is 49.7 Å². The maximum absolute atomic E-state index is 13.0. The molecule has 0 radical (unpaired) electrons. The molecule has 1 aliphatic carbocycles. The molecule has 3 heterocycles. The highest BCUT2D eigenvalue weighted by atomic mass is 32.1. The fraction of sp³-hybridized carbons (Fsp3) is 0.227. The zero-order valence-corrected chi connectivity index (χ0v) is 16.3. The van der Waals surface area contributed by atoms with Crippen molar-refractivity contribution < 1.29 is 4.79 Å². The number of anilines is 2. The number of nitrogens with one attached hydrogen (secondary N) is 1. The monoisotopic (exact) mass is 388 g/mol. The van der Waals surface area contributed by atoms with Crippen molar-refractivity contribution in [1.29, 1.82) is 0 Å². The zero-order chi connectivity index (χ0) is 19.3. The van der Waals surface area contributed by atoms with E-state index >= 15 is 0 Å². The summed E-state index contributed by atoms with van der Waals surface area (Å²) >= 11 is 1.37. The summed E-state index contributed by atoms with van der Waals surface area (Å²) in [7, 11) is 0. The molecule has 1 amide bonds. The summed E-state index contributed by atoms with van der Waals surface area (Å²) in [5, 5.41) is 4.80. The van der Waals surface area contributed by atoms with Crippen molar-refractivity contribution in [2.75, 3.05) is 11.1 Å². The molecule has 0 unspecified atom stereocenters. The standard InChI is InChI=1S/C22H20N4OS/c1-12-7-8-16-13(10-12)11-15-19(23)20(28-22(15)26-16)21(27)25-18-6-2-5-17-14(18)4-3-9-24-17/h2-6,9,11-12H,7-8,10,23H2,1H3,(H,25,27)/t12-/m1/s1. The lowest BCUT2D eigenvalue weighted by atomic mass is 9.87. The van der Waals surface area contributed by atoms with Gasteiger partial charge in [-0.25, -0.2) is 4.98 Å². The van der Waals surface area contributed by atoms with Crippen LogP contribution in [-0.4, -0.2) is 15.9 Å². The number of aromatic nitrogens is 2. The third-order valence-corrected chi connectivity index (χ3v) is 6.55. The van der Waals surface area contributed by atoms with E-state index in [1.165, 1.54) is 16.9 Å². The molecule has 4 aromatic rings. The molecule has 3 aromatic heterocycles. The number of thiophene rings is 1. The number of aryl methyl sites for hydroxylation is 1. The Morgan fingerprint density at radius 1 is 1.25 bits per heavy atom. The number of hydrogen-bond donors (Lipinski definition) is 2. The second-order valence-corrected chi connectivity index (χ2v) is 8.47. The van der Waals surface area contributed by atoms with Gasteiger partial charge in [-0.05, 0) is 61.1 Å². The lowest BCUT2D eigenvalue weighted by Crippen LogP contribution is -2.13. The minimum absolute atomic E-state index is 0.205. The van der Waals surface area contributed by atoms with Gasteiger partial charge in [0, 0.05) is 22.7 Å². The highest BCUT2D eigenvalue weighted by Gasteiger charge is 2.22. The number of carbonyl (C=O) groups excluding carboxylic acids is 1. The summed E-state index contributed by atoms with van der Waals surface area (Å²) in [6, 6.07) is 11.6. The van der Waals surface area contributed by atoms with Gasteiger partial charge in [-0.3, -0.25) is 9.78 Å². The van der Waals surface area contributed by atoms with Gasteiger partial charge >= 0.3 is 0 Å². The Morgan fingerprint density at radius 3 is 3.04 bits per heavy atom. The van der Waals surface area contributed by atoms with Crippen molar-refractivity contribution in [2.45, 2.75) is 26.2 Å². The lowest BCUT2D eigenvalue weighted by Gasteiger charge is -2.20. The summed E-state index contributed by atoms with van der Waals surface area (Å²) in [5.41, 5.74) is 10.9. The average Bonchev–Trinajstić information content (AvgIpc) is 3.02. The van der Waals surface area contributed by atoms with E-state index in [1.807, 2.05) is 30.3 Å². The largest absolute Gasteiger partial charge is 0.397 e. The number of hydrogen-bond acceptors (Lipinski definition) is 5. The van der Waals surface area contributed by atoms with Gasteiger partial charge in [0.15, 0.2) is 0 Å². The predicted octanol–water partition coefficient (Wildman–Crippen LogP) is 4.80. The molecular formula is C22H20N4OS. The van der Waals surface area contributed by atoms with E-state index in [0.717, 1.165) is 51.8 Å². The molecule has 140 valence electrons. The Hall–Kier alpha value is -2.99. The average molecular weight is 388 g/mol. The number of pyridine rings is 2. The number of carbonyl (C=O) groups is 1. The summed E-state index contributed by atoms with van der Waals surface area (Å²) < 4.78 is 0. The molecule has 0 bridgehead atoms. The maximum atomic E-state index is 13.0. The number of nitrogen functional groups attached to an aromatic ring is 1. The van der Waals surface area contributed by atoms with E-state index in [0.29, 0.717) is 16.5 Å². The molecule has 28 heavy (non-hydrogen) atoms. The fourth-order valence-corrected chi connectivity index (χ4v) is 4.92. The number of amides is 1. The van der Waals surface area contributed by atoms with Crippen LogP contribution in [0, 0.1) is 5.92 Å². The van der Waals surface area contributed by atoms with Gasteiger partial charge in [-0.15, -0.1) is 11.3 Å². The zero-order valence-electron chi connectivity index (χ0n) is 15.5. The normalized spacial score (nSPS) is 16.2. The second kappa shape index (κ2) is 6.56. The Balaban J connectivity index is 1.53. The Morgan fingerprint density at radius 2 is 2.14 bits per heavy atom. The SMILES string of the molecule is C[C@@H]1CCc2nc3sc(C(=O)Nc4cccc5ncccc45)c(N)c3cc2C1. The molecule has 1 aromatic carbocycles. The van der Waals surface area contributed by atoms with Gasteiger partial charge in [0.25, 0.3) is 5.91 Å². The van der Waals surface area contributed by atoms with Crippen molar-refractivity contribution in [3.63, 3.8) is 0 Å². The Kier molecular flexibility index (Phi) is 4.02. The topological polar surface area (TPSA) is 80.9 Å². The summed E-state index contributed by atoms with van der Waals surface area (Å²) in [5.74, 6) is 0.456. The highest BCUT2D eigenvalue weighted by molar-refractivity contribution is 7.21. The molecule has 5 nitrogen and oxygen atoms in total. The summed E-state index contributed by atoms with van der Waals surface area (Å²) in [4.78, 5) is 23.5. The molecule has 3 N–H and O–H groups in total. The van der Waals surface area contributed by atoms with Crippen molar-refractivity contribution in [3.05, 3.63) is 58.7 Å². The van der Waals surface area contributed by atoms with Gasteiger partial charge in [0.1, 0.15) is 9.71 Å². The minimum atomic E-state index is -0.205. The number of fused-ring (bicyclic) bond motifs is 3. The van der Waals surface area contributed by atoms with Crippen LogP contribution in [-0.2, 0) is 12.8 Å². The summed E-state index contributed by atoms with van der Waals surface area (Å²) in [6.07, 6.45) is 4.92. The van der Waals surface area contributed by atoms with Crippen LogP contribution in [0.2, 0.25) is 0 Å². The van der Waals surface area contributed by atoms with Crippen molar-refractivity contribution in [2.24, 2.45) is 5.92 Å². The first-order valence-corrected chi connectivity index (χ1v) is 10.3. The fourth-order valence-electron chi connectivity index (χ4n) is 3.93. The molecule has 0 aliphatic heterocycles. The number of nitrogens with two attached hydrogens (primary N) is 1. The van der Waals surface area contributed by atoms with E-state index in [4.69, 9.17) is 10.7 Å². The number of rotatable bonds is 2. The molecule has 6 heteroatoms. The third kappa shape index (κ3) is 2.81. The number of nitrogens with zero attached hydrogens (tertiary/aromatic N) is 2. The van der Waals surface area contributed by atoms with Crippen molar-refractivity contribution in [3.8, 4) is 0 Å². The van der Waals surface area contributed by atoms with E-state index in [2.05, 4.69) is 23.3 Å². The first-order chi connectivity index (χ1) is 13.6. The molecule has 1 aliphatic rings. The van der Waals surface area contributed by atoms with Crippen LogP contribution in [0.3, 0.4) is 0 Å². The molecule has 0 fully saturated rings. The van der Waals surface area contributed by atoms with E-state index < -0.39 is 0 Å². The van der Waals surface area contributed by atoms with Crippen LogP contribution in [0.5, 0.6) is 0 Å². The van der Waals surface area contributed by atoms with E-state index in [1.54, 1.807) is 6.20 Å². The van der Waals surface area contributed by atoms with Crippen molar-refractivity contribution in [1.82, 2.24) is 9.97 Å². The molecule has 5 rings (SSSR count). The number of benzene rings is 1. The predicted molar refractivity (Wildman–Crippen MR) is 115 cm³/mol. The summed E-state index contributed by atoms with van der Waals surface area (Å²) in [6.45, 7) is 2.27. The second-order valence-electron chi connectivity index (χ2n) is 7.47. The van der Waals surface area contributed by atoms with Gasteiger partial charge in [0.2, 0.25) is 0 Å². The molecular weight excluding hydrogens is 368 g/mol. The Bertz CT molecular complexity index is 1220. The highest BCUT2D eigenvalue weighted by Crippen LogP contribution is 2.36. The molecule has 0 saturated heterocycles. The smallest absolute Gasteiger partial charge is 0.267 e. The van der Waals surface area contributed by atoms with Gasteiger partial charge < -0.3 is 11.1 Å². The van der Waals surface area contributed by atoms with Crippen LogP contribution >= 0.6 is 11.3 Å². The molecule has 1 atom stereocenters. The van der Waals surface area contributed by atoms with Crippen LogP contribution in [0.4, 0.5) is 11.4 Å². The molecule has 0 spiro atoms. The minimum Gasteiger partial charge on any atom is -0.397 e. The van der Waals surface area contributed by atoms with Crippen LogP contribution in [0.25, 0.3) is 21.1 Å². The maximum Gasteiger partial charge on any atom is 0.267 e. The molecule has 0 saturated carbocycles. The first-order valence-electron chi connectivity index (χ1n) is 9.46. The third-order valence-electron chi connectivity index (χ3n) is 5.43. The van der Waals surface area contributed by atoms with E-state index in [-0.39, 0.29) is 5.91 Å². The van der Waals surface area contributed by atoms with Gasteiger partial charge in [0.05, 0.1) is 16.9 Å². The van der Waals surface area contributed by atoms with Crippen LogP contribution in [0.15, 0.2) is 42.6 Å².